The number of hydrogen-bond acceptors (Lipinski definition) is 4. The molecule has 0 radical (unpaired) electrons. The third-order valence-corrected chi connectivity index (χ3v) is 7.38. The van der Waals surface area contributed by atoms with Gasteiger partial charge in [0.1, 0.15) is 4.21 Å². The maximum Gasteiger partial charge on any atom is 0.252 e. The molecule has 0 spiro atoms. The minimum atomic E-state index is -3.37. The number of nitrogens with one attached hydrogen (secondary N) is 2. The van der Waals surface area contributed by atoms with E-state index in [0.717, 1.165) is 17.8 Å². The average Bonchev–Trinajstić information content (AvgIpc) is 3.06. The molecule has 1 aromatic carbocycles. The SMILES string of the molecule is CN=C(NCCc1cc(C)cc(C)c1)NCc1ccc(S(=O)(=O)N(C)C)s1.I. The first-order valence-corrected chi connectivity index (χ1v) is 11.0. The van der Waals surface area contributed by atoms with Gasteiger partial charge in [-0.1, -0.05) is 29.3 Å². The molecule has 1 heterocycles. The van der Waals surface area contributed by atoms with Crippen molar-refractivity contribution < 1.29 is 8.42 Å². The number of thiophene rings is 1. The molecule has 28 heavy (non-hydrogen) atoms. The molecule has 0 aliphatic carbocycles. The molecule has 2 aromatic rings. The van der Waals surface area contributed by atoms with E-state index >= 15 is 0 Å². The van der Waals surface area contributed by atoms with Crippen LogP contribution in [0, 0.1) is 13.8 Å². The summed E-state index contributed by atoms with van der Waals surface area (Å²) in [5.41, 5.74) is 3.84. The number of benzene rings is 1. The molecule has 0 saturated heterocycles. The number of sulfonamides is 1. The first kappa shape index (κ1) is 24.9. The van der Waals surface area contributed by atoms with Gasteiger partial charge in [-0.2, -0.15) is 0 Å². The van der Waals surface area contributed by atoms with E-state index < -0.39 is 10.0 Å². The van der Waals surface area contributed by atoms with E-state index in [9.17, 15) is 8.42 Å². The van der Waals surface area contributed by atoms with Crippen molar-refractivity contribution in [3.05, 3.63) is 51.9 Å². The molecule has 6 nitrogen and oxygen atoms in total. The zero-order valence-corrected chi connectivity index (χ0v) is 20.9. The van der Waals surface area contributed by atoms with Gasteiger partial charge in [-0.05, 0) is 38.0 Å². The topological polar surface area (TPSA) is 73.8 Å². The van der Waals surface area contributed by atoms with Crippen LogP contribution >= 0.6 is 35.3 Å². The lowest BCUT2D eigenvalue weighted by Crippen LogP contribution is -2.37. The monoisotopic (exact) mass is 536 g/mol. The van der Waals surface area contributed by atoms with E-state index in [1.807, 2.05) is 6.07 Å². The van der Waals surface area contributed by atoms with Gasteiger partial charge in [0.05, 0.1) is 6.54 Å². The zero-order valence-electron chi connectivity index (χ0n) is 16.9. The summed E-state index contributed by atoms with van der Waals surface area (Å²) in [5.74, 6) is 0.699. The molecule has 0 aliphatic heterocycles. The van der Waals surface area contributed by atoms with Crippen LogP contribution in [-0.2, 0) is 23.0 Å². The fraction of sp³-hybridized carbons (Fsp3) is 0.421. The second-order valence-corrected chi connectivity index (χ2v) is 10.2. The number of aliphatic imine (C=N–C) groups is 1. The van der Waals surface area contributed by atoms with E-state index in [2.05, 4.69) is 47.7 Å². The number of guanidine groups is 1. The average molecular weight is 537 g/mol. The van der Waals surface area contributed by atoms with Crippen LogP contribution in [0.4, 0.5) is 0 Å². The van der Waals surface area contributed by atoms with Crippen LogP contribution in [0.25, 0.3) is 0 Å². The molecular formula is C19H29IN4O2S2. The van der Waals surface area contributed by atoms with E-state index in [4.69, 9.17) is 0 Å². The van der Waals surface area contributed by atoms with Crippen molar-refractivity contribution in [3.8, 4) is 0 Å². The quantitative estimate of drug-likeness (QED) is 0.324. The van der Waals surface area contributed by atoms with Gasteiger partial charge in [0.25, 0.3) is 10.0 Å². The van der Waals surface area contributed by atoms with E-state index in [1.165, 1.54) is 46.4 Å². The molecule has 2 rings (SSSR count). The van der Waals surface area contributed by atoms with Crippen LogP contribution in [0.3, 0.4) is 0 Å². The Hall–Kier alpha value is -1.17. The highest BCUT2D eigenvalue weighted by Gasteiger charge is 2.19. The maximum atomic E-state index is 12.1. The van der Waals surface area contributed by atoms with Gasteiger partial charge in [-0.25, -0.2) is 12.7 Å². The number of aryl methyl sites for hydroxylation is 2. The first-order chi connectivity index (χ1) is 12.7. The van der Waals surface area contributed by atoms with Crippen molar-refractivity contribution >= 4 is 51.3 Å². The molecular weight excluding hydrogens is 507 g/mol. The number of nitrogens with zero attached hydrogens (tertiary/aromatic N) is 2. The summed E-state index contributed by atoms with van der Waals surface area (Å²) in [6, 6.07) is 10.0. The van der Waals surface area contributed by atoms with Crippen LogP contribution in [0.15, 0.2) is 39.5 Å². The molecule has 2 N–H and O–H groups in total. The zero-order chi connectivity index (χ0) is 20.0. The Morgan fingerprint density at radius 3 is 2.32 bits per heavy atom. The normalized spacial score (nSPS) is 12.0. The molecule has 0 bridgehead atoms. The number of rotatable bonds is 7. The Bertz CT molecular complexity index is 888. The molecule has 0 saturated carbocycles. The highest BCUT2D eigenvalue weighted by molar-refractivity contribution is 14.0. The van der Waals surface area contributed by atoms with Crippen molar-refractivity contribution in [2.75, 3.05) is 27.7 Å². The fourth-order valence-electron chi connectivity index (χ4n) is 2.70. The standard InChI is InChI=1S/C19H28N4O2S2.HI/c1-14-10-15(2)12-16(11-14)8-9-21-19(20-3)22-13-17-6-7-18(26-17)27(24,25)23(4)5;/h6-7,10-12H,8-9,13H2,1-5H3,(H2,20,21,22);1H. The van der Waals surface area contributed by atoms with Crippen molar-refractivity contribution in [1.29, 1.82) is 0 Å². The summed E-state index contributed by atoms with van der Waals surface area (Å²) < 4.78 is 25.9. The van der Waals surface area contributed by atoms with Crippen molar-refractivity contribution in [1.82, 2.24) is 14.9 Å². The minimum Gasteiger partial charge on any atom is -0.356 e. The molecule has 1 aromatic heterocycles. The summed E-state index contributed by atoms with van der Waals surface area (Å²) >= 11 is 1.27. The lowest BCUT2D eigenvalue weighted by atomic mass is 10.1. The largest absolute Gasteiger partial charge is 0.356 e. The van der Waals surface area contributed by atoms with Gasteiger partial charge in [0.15, 0.2) is 5.96 Å². The van der Waals surface area contributed by atoms with Crippen molar-refractivity contribution in [2.24, 2.45) is 4.99 Å². The predicted molar refractivity (Wildman–Crippen MR) is 128 cm³/mol. The Morgan fingerprint density at radius 1 is 1.11 bits per heavy atom. The fourth-order valence-corrected chi connectivity index (χ4v) is 5.17. The minimum absolute atomic E-state index is 0. The predicted octanol–water partition coefficient (Wildman–Crippen LogP) is 3.14. The summed E-state index contributed by atoms with van der Waals surface area (Å²) in [7, 11) is 1.42. The first-order valence-electron chi connectivity index (χ1n) is 8.75. The lowest BCUT2D eigenvalue weighted by molar-refractivity contribution is 0.523. The van der Waals surface area contributed by atoms with Gasteiger partial charge in [0, 0.05) is 32.6 Å². The Kier molecular flexibility index (Phi) is 9.88. The maximum absolute atomic E-state index is 12.1. The van der Waals surface area contributed by atoms with Crippen molar-refractivity contribution in [2.45, 2.75) is 31.0 Å². The van der Waals surface area contributed by atoms with Crippen LogP contribution in [0.1, 0.15) is 21.6 Å². The summed E-state index contributed by atoms with van der Waals surface area (Å²) in [4.78, 5) is 5.16. The lowest BCUT2D eigenvalue weighted by Gasteiger charge is -2.12. The third kappa shape index (κ3) is 7.02. The van der Waals surface area contributed by atoms with Crippen LogP contribution < -0.4 is 10.6 Å². The molecule has 0 atom stereocenters. The van der Waals surface area contributed by atoms with Gasteiger partial charge in [0.2, 0.25) is 0 Å². The molecule has 0 amide bonds. The van der Waals surface area contributed by atoms with Crippen molar-refractivity contribution in [3.63, 3.8) is 0 Å². The van der Waals surface area contributed by atoms with Crippen LogP contribution in [-0.4, -0.2) is 46.4 Å². The van der Waals surface area contributed by atoms with E-state index in [-0.39, 0.29) is 24.0 Å². The third-order valence-electron chi connectivity index (χ3n) is 4.01. The van der Waals surface area contributed by atoms with Gasteiger partial charge in [-0.3, -0.25) is 4.99 Å². The second kappa shape index (κ2) is 11.1. The van der Waals surface area contributed by atoms with Gasteiger partial charge >= 0.3 is 0 Å². The molecule has 0 fully saturated rings. The van der Waals surface area contributed by atoms with Gasteiger partial charge < -0.3 is 10.6 Å². The highest BCUT2D eigenvalue weighted by atomic mass is 127. The smallest absolute Gasteiger partial charge is 0.252 e. The molecule has 0 aliphatic rings. The number of hydrogen-bond donors (Lipinski definition) is 2. The Labute approximate surface area is 189 Å². The molecule has 9 heteroatoms. The summed E-state index contributed by atoms with van der Waals surface area (Å²) in [6.45, 7) is 5.51. The van der Waals surface area contributed by atoms with Crippen LogP contribution in [0.2, 0.25) is 0 Å². The summed E-state index contributed by atoms with van der Waals surface area (Å²) in [6.07, 6.45) is 0.910. The van der Waals surface area contributed by atoms with E-state index in [1.54, 1.807) is 13.1 Å². The Morgan fingerprint density at radius 2 is 1.75 bits per heavy atom. The number of halogens is 1. The van der Waals surface area contributed by atoms with Crippen LogP contribution in [0.5, 0.6) is 0 Å². The summed E-state index contributed by atoms with van der Waals surface area (Å²) in [5, 5.41) is 6.53. The highest BCUT2D eigenvalue weighted by Crippen LogP contribution is 2.23. The second-order valence-electron chi connectivity index (χ2n) is 6.61. The Balaban J connectivity index is 0.00000392. The van der Waals surface area contributed by atoms with E-state index in [0.29, 0.717) is 16.7 Å². The molecule has 156 valence electrons. The molecule has 0 unspecified atom stereocenters. The van der Waals surface area contributed by atoms with Gasteiger partial charge in [-0.15, -0.1) is 35.3 Å².